The fraction of sp³-hybridized carbons (Fsp3) is 0.435. The Morgan fingerprint density at radius 3 is 2.31 bits per heavy atom. The molecule has 1 aliphatic rings. The zero-order chi connectivity index (χ0) is 21.0. The van der Waals surface area contributed by atoms with Gasteiger partial charge < -0.3 is 14.7 Å². The van der Waals surface area contributed by atoms with Gasteiger partial charge in [0.15, 0.2) is 0 Å². The van der Waals surface area contributed by atoms with Crippen LogP contribution >= 0.6 is 0 Å². The van der Waals surface area contributed by atoms with E-state index in [1.165, 1.54) is 23.0 Å². The fourth-order valence-corrected chi connectivity index (χ4v) is 3.78. The first-order chi connectivity index (χ1) is 14.0. The molecule has 2 heterocycles. The van der Waals surface area contributed by atoms with Gasteiger partial charge in [-0.05, 0) is 51.0 Å². The quantitative estimate of drug-likeness (QED) is 0.782. The van der Waals surface area contributed by atoms with Crippen LogP contribution in [0, 0.1) is 13.8 Å². The highest BCUT2D eigenvalue weighted by Gasteiger charge is 2.24. The summed E-state index contributed by atoms with van der Waals surface area (Å²) in [6, 6.07) is 8.02. The van der Waals surface area contributed by atoms with Crippen LogP contribution in [0.2, 0.25) is 0 Å². The van der Waals surface area contributed by atoms with Crippen LogP contribution in [-0.4, -0.2) is 65.9 Å². The van der Waals surface area contributed by atoms with Gasteiger partial charge in [0.05, 0.1) is 11.1 Å². The van der Waals surface area contributed by atoms with Crippen molar-refractivity contribution in [2.24, 2.45) is 0 Å². The molecule has 1 fully saturated rings. The number of piperazine rings is 1. The Hall–Kier alpha value is -2.89. The van der Waals surface area contributed by atoms with Crippen molar-refractivity contribution < 1.29 is 9.59 Å². The van der Waals surface area contributed by atoms with Gasteiger partial charge in [-0.25, -0.2) is 0 Å². The van der Waals surface area contributed by atoms with Gasteiger partial charge in [-0.3, -0.25) is 14.6 Å². The fourth-order valence-electron chi connectivity index (χ4n) is 3.78. The molecule has 0 unspecified atom stereocenters. The Morgan fingerprint density at radius 2 is 1.66 bits per heavy atom. The summed E-state index contributed by atoms with van der Waals surface area (Å²) >= 11 is 0. The Balaban J connectivity index is 1.69. The maximum absolute atomic E-state index is 13.0. The second-order valence-corrected chi connectivity index (χ2v) is 7.44. The highest BCUT2D eigenvalue weighted by atomic mass is 16.2. The summed E-state index contributed by atoms with van der Waals surface area (Å²) < 4.78 is 0. The number of hydrogen-bond donors (Lipinski definition) is 0. The number of pyridine rings is 1. The van der Waals surface area contributed by atoms with Gasteiger partial charge in [0.1, 0.15) is 0 Å². The SMILES string of the molecule is CCN(CC)C(=O)c1cncc(C(=O)N2CCN(c3cccc(C)c3C)CC2)c1. The van der Waals surface area contributed by atoms with Crippen molar-refractivity contribution in [2.45, 2.75) is 27.7 Å². The standard InChI is InChI=1S/C23H30N4O2/c1-5-25(6-2)22(28)19-14-20(16-24-15-19)23(29)27-12-10-26(11-13-27)21-9-7-8-17(3)18(21)4/h7-9,14-16H,5-6,10-13H2,1-4H3. The zero-order valence-electron chi connectivity index (χ0n) is 17.8. The number of hydrogen-bond acceptors (Lipinski definition) is 4. The molecule has 0 radical (unpaired) electrons. The summed E-state index contributed by atoms with van der Waals surface area (Å²) in [6.07, 6.45) is 3.09. The Bertz CT molecular complexity index is 884. The Morgan fingerprint density at radius 1 is 1.00 bits per heavy atom. The number of benzene rings is 1. The average Bonchev–Trinajstić information content (AvgIpc) is 2.76. The zero-order valence-corrected chi connectivity index (χ0v) is 17.8. The predicted octanol–water partition coefficient (Wildman–Crippen LogP) is 3.14. The monoisotopic (exact) mass is 394 g/mol. The third kappa shape index (κ3) is 4.42. The van der Waals surface area contributed by atoms with E-state index in [-0.39, 0.29) is 11.8 Å². The van der Waals surface area contributed by atoms with Crippen LogP contribution in [0.25, 0.3) is 0 Å². The summed E-state index contributed by atoms with van der Waals surface area (Å²) in [4.78, 5) is 35.6. The normalized spacial score (nSPS) is 14.1. The maximum atomic E-state index is 13.0. The molecule has 2 aromatic rings. The molecular formula is C23H30N4O2. The van der Waals surface area contributed by atoms with Gasteiger partial charge in [0.2, 0.25) is 0 Å². The minimum atomic E-state index is -0.0862. The van der Waals surface area contributed by atoms with E-state index >= 15 is 0 Å². The number of nitrogens with zero attached hydrogens (tertiary/aromatic N) is 4. The van der Waals surface area contributed by atoms with Crippen LogP contribution in [0.15, 0.2) is 36.7 Å². The van der Waals surface area contributed by atoms with E-state index in [1.807, 2.05) is 18.7 Å². The van der Waals surface area contributed by atoms with E-state index in [0.29, 0.717) is 37.3 Å². The molecule has 0 N–H and O–H groups in total. The molecule has 0 saturated carbocycles. The lowest BCUT2D eigenvalue weighted by molar-refractivity contribution is 0.0746. The van der Waals surface area contributed by atoms with Gasteiger partial charge in [-0.1, -0.05) is 12.1 Å². The Kier molecular flexibility index (Phi) is 6.52. The van der Waals surface area contributed by atoms with E-state index in [4.69, 9.17) is 0 Å². The molecule has 29 heavy (non-hydrogen) atoms. The van der Waals surface area contributed by atoms with E-state index in [2.05, 4.69) is 41.9 Å². The Labute approximate surface area is 173 Å². The lowest BCUT2D eigenvalue weighted by Crippen LogP contribution is -2.49. The van der Waals surface area contributed by atoms with Crippen LogP contribution in [0.1, 0.15) is 45.7 Å². The molecule has 0 atom stereocenters. The average molecular weight is 395 g/mol. The van der Waals surface area contributed by atoms with E-state index in [9.17, 15) is 9.59 Å². The summed E-state index contributed by atoms with van der Waals surface area (Å²) in [5, 5.41) is 0. The third-order valence-electron chi connectivity index (χ3n) is 5.77. The highest BCUT2D eigenvalue weighted by molar-refractivity contribution is 5.99. The summed E-state index contributed by atoms with van der Waals surface area (Å²) in [6.45, 7) is 12.3. The van der Waals surface area contributed by atoms with Crippen molar-refractivity contribution in [1.82, 2.24) is 14.8 Å². The number of rotatable bonds is 5. The number of anilines is 1. The van der Waals surface area contributed by atoms with Gasteiger partial charge in [-0.15, -0.1) is 0 Å². The van der Waals surface area contributed by atoms with Crippen LogP contribution in [-0.2, 0) is 0 Å². The van der Waals surface area contributed by atoms with Crippen LogP contribution in [0.3, 0.4) is 0 Å². The largest absolute Gasteiger partial charge is 0.368 e. The topological polar surface area (TPSA) is 56.8 Å². The van der Waals surface area contributed by atoms with Gasteiger partial charge in [0.25, 0.3) is 11.8 Å². The predicted molar refractivity (Wildman–Crippen MR) is 116 cm³/mol. The molecule has 0 bridgehead atoms. The number of carbonyl (C=O) groups excluding carboxylic acids is 2. The summed E-state index contributed by atoms with van der Waals surface area (Å²) in [5.74, 6) is -0.149. The molecule has 1 aliphatic heterocycles. The smallest absolute Gasteiger partial charge is 0.255 e. The lowest BCUT2D eigenvalue weighted by atomic mass is 10.1. The molecule has 1 aromatic heterocycles. The molecule has 1 saturated heterocycles. The first-order valence-corrected chi connectivity index (χ1v) is 10.3. The van der Waals surface area contributed by atoms with Crippen LogP contribution < -0.4 is 4.90 Å². The lowest BCUT2D eigenvalue weighted by Gasteiger charge is -2.37. The summed E-state index contributed by atoms with van der Waals surface area (Å²) in [5.41, 5.74) is 4.75. The van der Waals surface area contributed by atoms with Crippen LogP contribution in [0.5, 0.6) is 0 Å². The molecule has 6 nitrogen and oxygen atoms in total. The minimum absolute atomic E-state index is 0.0627. The van der Waals surface area contributed by atoms with Gasteiger partial charge in [0, 0.05) is 57.3 Å². The number of aryl methyl sites for hydroxylation is 1. The van der Waals surface area contributed by atoms with Crippen LogP contribution in [0.4, 0.5) is 5.69 Å². The van der Waals surface area contributed by atoms with E-state index in [1.54, 1.807) is 17.2 Å². The molecular weight excluding hydrogens is 364 g/mol. The second-order valence-electron chi connectivity index (χ2n) is 7.44. The summed E-state index contributed by atoms with van der Waals surface area (Å²) in [7, 11) is 0. The van der Waals surface area contributed by atoms with E-state index in [0.717, 1.165) is 13.1 Å². The van der Waals surface area contributed by atoms with Crippen molar-refractivity contribution in [3.05, 3.63) is 58.9 Å². The number of amides is 2. The number of carbonyl (C=O) groups is 2. The maximum Gasteiger partial charge on any atom is 0.255 e. The second kappa shape index (κ2) is 9.07. The van der Waals surface area contributed by atoms with Crippen molar-refractivity contribution >= 4 is 17.5 Å². The molecule has 6 heteroatoms. The first-order valence-electron chi connectivity index (χ1n) is 10.3. The molecule has 3 rings (SSSR count). The van der Waals surface area contributed by atoms with Crippen molar-refractivity contribution in [1.29, 1.82) is 0 Å². The molecule has 1 aromatic carbocycles. The van der Waals surface area contributed by atoms with Crippen molar-refractivity contribution in [3.8, 4) is 0 Å². The van der Waals surface area contributed by atoms with Gasteiger partial charge >= 0.3 is 0 Å². The number of aromatic nitrogens is 1. The van der Waals surface area contributed by atoms with Crippen molar-refractivity contribution in [3.63, 3.8) is 0 Å². The third-order valence-corrected chi connectivity index (χ3v) is 5.77. The molecule has 2 amide bonds. The van der Waals surface area contributed by atoms with E-state index < -0.39 is 0 Å². The first kappa shape index (κ1) is 20.8. The van der Waals surface area contributed by atoms with Gasteiger partial charge in [-0.2, -0.15) is 0 Å². The highest BCUT2D eigenvalue weighted by Crippen LogP contribution is 2.24. The molecule has 0 spiro atoms. The molecule has 0 aliphatic carbocycles. The minimum Gasteiger partial charge on any atom is -0.368 e. The van der Waals surface area contributed by atoms with Crippen molar-refractivity contribution in [2.75, 3.05) is 44.2 Å². The molecule has 154 valence electrons.